The molecule has 0 saturated heterocycles. The van der Waals surface area contributed by atoms with Crippen molar-refractivity contribution in [2.75, 3.05) is 14.7 Å². The Hall–Kier alpha value is -5.38. The van der Waals surface area contributed by atoms with Crippen molar-refractivity contribution in [3.63, 3.8) is 0 Å². The molecular formula is C44H29N4PdS-3. The zero-order valence-corrected chi connectivity index (χ0v) is 29.1. The van der Waals surface area contributed by atoms with Gasteiger partial charge in [0.25, 0.3) is 0 Å². The number of rotatable bonds is 6. The molecule has 0 saturated carbocycles. The van der Waals surface area contributed by atoms with E-state index in [1.54, 1.807) is 11.8 Å². The Morgan fingerprint density at radius 3 is 2.06 bits per heavy atom. The van der Waals surface area contributed by atoms with Crippen LogP contribution in [0.5, 0.6) is 0 Å². The number of nitrogens with zero attached hydrogens (tertiary/aromatic N) is 4. The third-order valence-corrected chi connectivity index (χ3v) is 9.71. The van der Waals surface area contributed by atoms with E-state index in [0.29, 0.717) is 0 Å². The zero-order valence-electron chi connectivity index (χ0n) is 26.8. The van der Waals surface area contributed by atoms with Crippen LogP contribution in [-0.4, -0.2) is 4.98 Å². The maximum Gasteiger partial charge on any atom is 0.135 e. The first-order chi connectivity index (χ1) is 24.3. The molecule has 244 valence electrons. The Morgan fingerprint density at radius 2 is 1.26 bits per heavy atom. The number of aromatic nitrogens is 1. The summed E-state index contributed by atoms with van der Waals surface area (Å²) in [6, 6.07) is 60.5. The van der Waals surface area contributed by atoms with E-state index >= 15 is 0 Å². The van der Waals surface area contributed by atoms with Crippen molar-refractivity contribution in [3.8, 4) is 33.4 Å². The van der Waals surface area contributed by atoms with Gasteiger partial charge in [0, 0.05) is 37.9 Å². The van der Waals surface area contributed by atoms with E-state index in [1.165, 1.54) is 22.3 Å². The molecule has 6 heteroatoms. The number of benzene rings is 6. The van der Waals surface area contributed by atoms with E-state index in [1.807, 2.05) is 36.5 Å². The summed E-state index contributed by atoms with van der Waals surface area (Å²) in [5.74, 6) is 0.844. The topological polar surface area (TPSA) is 22.6 Å². The molecule has 0 bridgehead atoms. The van der Waals surface area contributed by atoms with Crippen molar-refractivity contribution >= 4 is 40.3 Å². The Labute approximate surface area is 311 Å². The van der Waals surface area contributed by atoms with Crippen molar-refractivity contribution < 1.29 is 20.4 Å². The second-order valence-electron chi connectivity index (χ2n) is 11.8. The Balaban J connectivity index is 0.00000361. The molecule has 0 radical (unpaired) electrons. The van der Waals surface area contributed by atoms with Crippen LogP contribution in [0.4, 0.5) is 28.6 Å². The normalized spacial score (nSPS) is 12.8. The standard InChI is InChI=1S/C44H29N4S.Pd/c1-3-12-32(13-4-1)33-21-24-42-41(28-33)39-19-8-7-18-38(39)40-23-22-37(30-43(40)48(42)44-20-9-10-25-45-44)49-36-17-11-16-35(29-36)47-27-26-46(31-47)34-14-5-2-6-15-34;/h1-28,31H;/q-3;. The number of hydrogen-bond donors (Lipinski definition) is 0. The summed E-state index contributed by atoms with van der Waals surface area (Å²) in [5, 5.41) is 0. The predicted molar refractivity (Wildman–Crippen MR) is 202 cm³/mol. The molecule has 2 aliphatic heterocycles. The summed E-state index contributed by atoms with van der Waals surface area (Å²) in [4.78, 5) is 13.3. The van der Waals surface area contributed by atoms with Crippen LogP contribution in [0.3, 0.4) is 0 Å². The molecule has 3 heterocycles. The Bertz CT molecular complexity index is 2310. The number of fused-ring (bicyclic) bond motifs is 5. The average Bonchev–Trinajstić information content (AvgIpc) is 3.63. The minimum atomic E-state index is 0. The number of hydrogen-bond acceptors (Lipinski definition) is 5. The van der Waals surface area contributed by atoms with Crippen molar-refractivity contribution in [3.05, 3.63) is 189 Å². The minimum absolute atomic E-state index is 0. The van der Waals surface area contributed by atoms with Crippen molar-refractivity contribution in [1.29, 1.82) is 0 Å². The van der Waals surface area contributed by atoms with E-state index < -0.39 is 0 Å². The first-order valence-corrected chi connectivity index (χ1v) is 17.0. The maximum atomic E-state index is 4.86. The molecule has 4 nitrogen and oxygen atoms in total. The Morgan fingerprint density at radius 1 is 0.540 bits per heavy atom. The summed E-state index contributed by atoms with van der Waals surface area (Å²) >= 11 is 1.66. The van der Waals surface area contributed by atoms with Gasteiger partial charge in [0.2, 0.25) is 0 Å². The molecular weight excluding hydrogens is 723 g/mol. The van der Waals surface area contributed by atoms with Gasteiger partial charge in [0.1, 0.15) is 5.82 Å². The van der Waals surface area contributed by atoms with Gasteiger partial charge in [-0.05, 0) is 65.5 Å². The number of pyridine rings is 1. The molecule has 50 heavy (non-hydrogen) atoms. The molecule has 7 aromatic rings. The van der Waals surface area contributed by atoms with E-state index in [9.17, 15) is 0 Å². The summed E-state index contributed by atoms with van der Waals surface area (Å²) in [5.41, 5.74) is 11.1. The monoisotopic (exact) mass is 751 g/mol. The van der Waals surface area contributed by atoms with Crippen molar-refractivity contribution in [1.82, 2.24) is 4.98 Å². The summed E-state index contributed by atoms with van der Waals surface area (Å²) < 4.78 is 0. The van der Waals surface area contributed by atoms with Gasteiger partial charge in [0.15, 0.2) is 0 Å². The quantitative estimate of drug-likeness (QED) is 0.124. The molecule has 0 aliphatic carbocycles. The van der Waals surface area contributed by atoms with E-state index in [0.717, 1.165) is 49.5 Å². The van der Waals surface area contributed by atoms with Gasteiger partial charge < -0.3 is 14.7 Å². The third kappa shape index (κ3) is 6.03. The van der Waals surface area contributed by atoms with E-state index in [2.05, 4.69) is 167 Å². The second-order valence-corrected chi connectivity index (χ2v) is 12.9. The van der Waals surface area contributed by atoms with E-state index in [4.69, 9.17) is 4.98 Å². The zero-order chi connectivity index (χ0) is 32.6. The maximum absolute atomic E-state index is 4.86. The molecule has 0 spiro atoms. The van der Waals surface area contributed by atoms with Gasteiger partial charge in [-0.3, -0.25) is 0 Å². The molecule has 0 fully saturated rings. The van der Waals surface area contributed by atoms with Gasteiger partial charge in [0.05, 0.1) is 5.69 Å². The number of anilines is 5. The Kier molecular flexibility index (Phi) is 8.83. The van der Waals surface area contributed by atoms with Crippen LogP contribution in [-0.2, 0) is 20.4 Å². The predicted octanol–water partition coefficient (Wildman–Crippen LogP) is 11.5. The summed E-state index contributed by atoms with van der Waals surface area (Å²) in [6.07, 6.45) is 5.98. The fraction of sp³-hybridized carbons (Fsp3) is 0. The van der Waals surface area contributed by atoms with Crippen LogP contribution in [0.25, 0.3) is 33.4 Å². The average molecular weight is 752 g/mol. The van der Waals surface area contributed by atoms with Gasteiger partial charge in [-0.15, -0.1) is 51.6 Å². The third-order valence-electron chi connectivity index (χ3n) is 8.79. The first-order valence-electron chi connectivity index (χ1n) is 16.2. The molecule has 0 atom stereocenters. The van der Waals surface area contributed by atoms with Crippen LogP contribution < -0.4 is 14.7 Å². The van der Waals surface area contributed by atoms with E-state index in [-0.39, 0.29) is 20.4 Å². The molecule has 2 aliphatic rings. The minimum Gasteiger partial charge on any atom is -0.500 e. The van der Waals surface area contributed by atoms with Gasteiger partial charge in [-0.1, -0.05) is 96.2 Å². The van der Waals surface area contributed by atoms with Crippen molar-refractivity contribution in [2.45, 2.75) is 9.79 Å². The largest absolute Gasteiger partial charge is 0.500 e. The summed E-state index contributed by atoms with van der Waals surface area (Å²) in [6.45, 7) is 2.08. The molecule has 0 unspecified atom stereocenters. The van der Waals surface area contributed by atoms with Crippen LogP contribution >= 0.6 is 11.8 Å². The SMILES string of the molecule is [Pd].[c-]1c(Sc2[c-]c3c(cc2)-c2ccccc2-c2cc(-c4ccccc4)ccc2N3c2ccccn2)cccc1N1C=CN(c2ccccc2)[CH-]1. The molecule has 9 rings (SSSR count). The van der Waals surface area contributed by atoms with Crippen LogP contribution in [0.15, 0.2) is 180 Å². The molecule has 0 amide bonds. The fourth-order valence-corrected chi connectivity index (χ4v) is 7.31. The fourth-order valence-electron chi connectivity index (χ4n) is 6.49. The van der Waals surface area contributed by atoms with Gasteiger partial charge in [-0.25, -0.2) is 4.98 Å². The van der Waals surface area contributed by atoms with Crippen LogP contribution in [0, 0.1) is 18.8 Å². The summed E-state index contributed by atoms with van der Waals surface area (Å²) in [7, 11) is 0. The molecule has 1 aromatic heterocycles. The van der Waals surface area contributed by atoms with Crippen molar-refractivity contribution in [2.24, 2.45) is 0 Å². The van der Waals surface area contributed by atoms with Crippen LogP contribution in [0.2, 0.25) is 0 Å². The first kappa shape index (κ1) is 31.9. The van der Waals surface area contributed by atoms with Gasteiger partial charge >= 0.3 is 0 Å². The molecule has 0 N–H and O–H groups in total. The molecule has 6 aromatic carbocycles. The number of para-hydroxylation sites is 1. The smallest absolute Gasteiger partial charge is 0.135 e. The van der Waals surface area contributed by atoms with Gasteiger partial charge in [-0.2, -0.15) is 30.3 Å². The van der Waals surface area contributed by atoms with Crippen LogP contribution in [0.1, 0.15) is 0 Å². The second kappa shape index (κ2) is 13.9.